The number of nitrogens with one attached hydrogen (secondary N) is 1. The summed E-state index contributed by atoms with van der Waals surface area (Å²) in [5.41, 5.74) is 1.66. The lowest BCUT2D eigenvalue weighted by Crippen LogP contribution is -2.32. The van der Waals surface area contributed by atoms with Gasteiger partial charge in [-0.3, -0.25) is 4.79 Å². The van der Waals surface area contributed by atoms with Gasteiger partial charge in [0.05, 0.1) is 5.56 Å². The van der Waals surface area contributed by atoms with Gasteiger partial charge in [-0.05, 0) is 25.0 Å². The first-order chi connectivity index (χ1) is 9.24. The largest absolute Gasteiger partial charge is 0.384 e. The SMILES string of the molecule is C=CCN(CCC)C(=O)c1ccccc1NCCC. The van der Waals surface area contributed by atoms with Crippen molar-refractivity contribution in [2.24, 2.45) is 0 Å². The van der Waals surface area contributed by atoms with Crippen LogP contribution in [-0.2, 0) is 0 Å². The maximum Gasteiger partial charge on any atom is 0.256 e. The van der Waals surface area contributed by atoms with Crippen LogP contribution in [0.15, 0.2) is 36.9 Å². The molecular weight excluding hydrogens is 236 g/mol. The van der Waals surface area contributed by atoms with Crippen LogP contribution < -0.4 is 5.32 Å². The predicted molar refractivity (Wildman–Crippen MR) is 81.6 cm³/mol. The molecule has 1 N–H and O–H groups in total. The molecule has 0 saturated heterocycles. The Morgan fingerprint density at radius 3 is 2.68 bits per heavy atom. The highest BCUT2D eigenvalue weighted by Crippen LogP contribution is 2.17. The Balaban J connectivity index is 2.92. The van der Waals surface area contributed by atoms with Crippen LogP contribution in [0.4, 0.5) is 5.69 Å². The molecule has 1 amide bonds. The number of benzene rings is 1. The third-order valence-corrected chi connectivity index (χ3v) is 2.85. The number of anilines is 1. The third kappa shape index (κ3) is 4.43. The minimum atomic E-state index is 0.0703. The molecule has 0 radical (unpaired) electrons. The fraction of sp³-hybridized carbons (Fsp3) is 0.438. The van der Waals surface area contributed by atoms with Gasteiger partial charge < -0.3 is 10.2 Å². The molecule has 1 aromatic rings. The van der Waals surface area contributed by atoms with Crippen molar-refractivity contribution in [1.82, 2.24) is 4.90 Å². The molecule has 0 bridgehead atoms. The minimum absolute atomic E-state index is 0.0703. The van der Waals surface area contributed by atoms with Crippen molar-refractivity contribution in [3.05, 3.63) is 42.5 Å². The van der Waals surface area contributed by atoms with E-state index in [0.717, 1.165) is 37.2 Å². The Kier molecular flexibility index (Phi) is 6.72. The maximum atomic E-state index is 12.5. The molecule has 0 aromatic heterocycles. The van der Waals surface area contributed by atoms with Crippen LogP contribution in [0, 0.1) is 0 Å². The van der Waals surface area contributed by atoms with E-state index in [-0.39, 0.29) is 5.91 Å². The topological polar surface area (TPSA) is 32.3 Å². The van der Waals surface area contributed by atoms with E-state index in [1.165, 1.54) is 0 Å². The fourth-order valence-electron chi connectivity index (χ4n) is 1.96. The van der Waals surface area contributed by atoms with E-state index >= 15 is 0 Å². The molecule has 0 heterocycles. The van der Waals surface area contributed by atoms with Gasteiger partial charge in [-0.15, -0.1) is 6.58 Å². The van der Waals surface area contributed by atoms with Gasteiger partial charge in [-0.1, -0.05) is 32.1 Å². The maximum absolute atomic E-state index is 12.5. The number of para-hydroxylation sites is 1. The molecule has 0 unspecified atom stereocenters. The Hall–Kier alpha value is -1.77. The van der Waals surface area contributed by atoms with Gasteiger partial charge in [-0.2, -0.15) is 0 Å². The van der Waals surface area contributed by atoms with Crippen LogP contribution >= 0.6 is 0 Å². The van der Waals surface area contributed by atoms with E-state index in [2.05, 4.69) is 25.7 Å². The molecule has 0 aliphatic carbocycles. The van der Waals surface area contributed by atoms with Crippen molar-refractivity contribution in [1.29, 1.82) is 0 Å². The van der Waals surface area contributed by atoms with Crippen LogP contribution in [0.1, 0.15) is 37.0 Å². The quantitative estimate of drug-likeness (QED) is 0.725. The molecule has 0 fully saturated rings. The van der Waals surface area contributed by atoms with Crippen molar-refractivity contribution in [3.8, 4) is 0 Å². The molecule has 3 heteroatoms. The molecule has 1 aromatic carbocycles. The zero-order valence-electron chi connectivity index (χ0n) is 12.0. The number of nitrogens with zero attached hydrogens (tertiary/aromatic N) is 1. The Labute approximate surface area is 116 Å². The molecule has 3 nitrogen and oxygen atoms in total. The van der Waals surface area contributed by atoms with Gasteiger partial charge in [0.1, 0.15) is 0 Å². The summed E-state index contributed by atoms with van der Waals surface area (Å²) in [5, 5.41) is 3.31. The van der Waals surface area contributed by atoms with Gasteiger partial charge in [0.2, 0.25) is 0 Å². The van der Waals surface area contributed by atoms with Gasteiger partial charge >= 0.3 is 0 Å². The van der Waals surface area contributed by atoms with E-state index in [4.69, 9.17) is 0 Å². The van der Waals surface area contributed by atoms with Crippen molar-refractivity contribution in [2.45, 2.75) is 26.7 Å². The summed E-state index contributed by atoms with van der Waals surface area (Å²) in [6.45, 7) is 10.1. The van der Waals surface area contributed by atoms with E-state index in [0.29, 0.717) is 6.54 Å². The van der Waals surface area contributed by atoms with E-state index in [1.54, 1.807) is 6.08 Å². The predicted octanol–water partition coefficient (Wildman–Crippen LogP) is 3.55. The van der Waals surface area contributed by atoms with E-state index in [1.807, 2.05) is 29.2 Å². The molecule has 0 saturated carbocycles. The van der Waals surface area contributed by atoms with Crippen molar-refractivity contribution in [2.75, 3.05) is 25.0 Å². The zero-order valence-corrected chi connectivity index (χ0v) is 12.0. The number of carbonyl (C=O) groups excluding carboxylic acids is 1. The molecule has 104 valence electrons. The van der Waals surface area contributed by atoms with Gasteiger partial charge in [0, 0.05) is 25.3 Å². The monoisotopic (exact) mass is 260 g/mol. The fourth-order valence-corrected chi connectivity index (χ4v) is 1.96. The molecule has 0 atom stereocenters. The second kappa shape index (κ2) is 8.35. The molecule has 0 spiro atoms. The summed E-state index contributed by atoms with van der Waals surface area (Å²) < 4.78 is 0. The summed E-state index contributed by atoms with van der Waals surface area (Å²) in [6, 6.07) is 7.70. The molecular formula is C16H24N2O. The minimum Gasteiger partial charge on any atom is -0.384 e. The number of hydrogen-bond donors (Lipinski definition) is 1. The first-order valence-corrected chi connectivity index (χ1v) is 6.97. The standard InChI is InChI=1S/C16H24N2O/c1-4-11-17-15-10-8-7-9-14(15)16(19)18(12-5-2)13-6-3/h5,7-10,17H,2,4,6,11-13H2,1,3H3. The zero-order chi connectivity index (χ0) is 14.1. The van der Waals surface area contributed by atoms with Gasteiger partial charge in [-0.25, -0.2) is 0 Å². The molecule has 19 heavy (non-hydrogen) atoms. The summed E-state index contributed by atoms with van der Waals surface area (Å²) >= 11 is 0. The van der Waals surface area contributed by atoms with E-state index < -0.39 is 0 Å². The highest BCUT2D eigenvalue weighted by Gasteiger charge is 2.16. The lowest BCUT2D eigenvalue weighted by atomic mass is 10.1. The molecule has 1 rings (SSSR count). The second-order valence-electron chi connectivity index (χ2n) is 4.51. The van der Waals surface area contributed by atoms with Gasteiger partial charge in [0.15, 0.2) is 0 Å². The number of rotatable bonds is 8. The third-order valence-electron chi connectivity index (χ3n) is 2.85. The Morgan fingerprint density at radius 1 is 1.32 bits per heavy atom. The van der Waals surface area contributed by atoms with Crippen LogP contribution in [0.2, 0.25) is 0 Å². The average molecular weight is 260 g/mol. The normalized spacial score (nSPS) is 10.0. The molecule has 0 aliphatic heterocycles. The summed E-state index contributed by atoms with van der Waals surface area (Å²) in [4.78, 5) is 14.4. The summed E-state index contributed by atoms with van der Waals surface area (Å²) in [7, 11) is 0. The summed E-state index contributed by atoms with van der Waals surface area (Å²) in [5.74, 6) is 0.0703. The highest BCUT2D eigenvalue weighted by atomic mass is 16.2. The average Bonchev–Trinajstić information content (AvgIpc) is 2.44. The Bertz CT molecular complexity index is 415. The highest BCUT2D eigenvalue weighted by molar-refractivity contribution is 5.99. The van der Waals surface area contributed by atoms with Crippen LogP contribution in [-0.4, -0.2) is 30.4 Å². The number of amides is 1. The van der Waals surface area contributed by atoms with Crippen LogP contribution in [0.5, 0.6) is 0 Å². The second-order valence-corrected chi connectivity index (χ2v) is 4.51. The van der Waals surface area contributed by atoms with Crippen LogP contribution in [0.3, 0.4) is 0 Å². The van der Waals surface area contributed by atoms with Crippen molar-refractivity contribution in [3.63, 3.8) is 0 Å². The van der Waals surface area contributed by atoms with E-state index in [9.17, 15) is 4.79 Å². The van der Waals surface area contributed by atoms with Gasteiger partial charge in [0.25, 0.3) is 5.91 Å². The first kappa shape index (κ1) is 15.3. The number of carbonyl (C=O) groups is 1. The van der Waals surface area contributed by atoms with Crippen molar-refractivity contribution >= 4 is 11.6 Å². The van der Waals surface area contributed by atoms with Crippen LogP contribution in [0.25, 0.3) is 0 Å². The first-order valence-electron chi connectivity index (χ1n) is 6.97. The smallest absolute Gasteiger partial charge is 0.256 e. The number of hydrogen-bond acceptors (Lipinski definition) is 2. The lowest BCUT2D eigenvalue weighted by Gasteiger charge is -2.22. The van der Waals surface area contributed by atoms with Crippen molar-refractivity contribution < 1.29 is 4.79 Å². The Morgan fingerprint density at radius 2 is 2.05 bits per heavy atom. The molecule has 0 aliphatic rings. The lowest BCUT2D eigenvalue weighted by molar-refractivity contribution is 0.0775. The summed E-state index contributed by atoms with van der Waals surface area (Å²) in [6.07, 6.45) is 3.76.